The van der Waals surface area contributed by atoms with Gasteiger partial charge in [-0.05, 0) is 48.0 Å². The number of carbonyl (C=O) groups is 1. The van der Waals surface area contributed by atoms with Crippen molar-refractivity contribution >= 4 is 33.6 Å². The minimum absolute atomic E-state index is 0.0427. The second-order valence-electron chi connectivity index (χ2n) is 6.70. The predicted octanol–water partition coefficient (Wildman–Crippen LogP) is 3.04. The Morgan fingerprint density at radius 2 is 1.49 bits per heavy atom. The number of nitrogens with one attached hydrogen (secondary N) is 1. The fourth-order valence-corrected chi connectivity index (χ4v) is 3.64. The summed E-state index contributed by atoms with van der Waals surface area (Å²) in [6, 6.07) is 13.3. The average Bonchev–Trinajstić information content (AvgIpc) is 2.84. The molecule has 35 heavy (non-hydrogen) atoms. The van der Waals surface area contributed by atoms with Crippen molar-refractivity contribution < 1.29 is 32.0 Å². The van der Waals surface area contributed by atoms with Crippen molar-refractivity contribution in [3.63, 3.8) is 0 Å². The molecule has 0 heterocycles. The lowest BCUT2D eigenvalue weighted by molar-refractivity contribution is -0.385. The van der Waals surface area contributed by atoms with Gasteiger partial charge in [0.2, 0.25) is 0 Å². The van der Waals surface area contributed by atoms with Crippen LogP contribution >= 0.6 is 0 Å². The van der Waals surface area contributed by atoms with Crippen molar-refractivity contribution in [1.82, 2.24) is 5.43 Å². The van der Waals surface area contributed by atoms with Crippen molar-refractivity contribution in [3.8, 4) is 11.5 Å². The highest BCUT2D eigenvalue weighted by atomic mass is 32.2. The smallest absolute Gasteiger partial charge is 0.339 e. The number of nitro groups is 2. The van der Waals surface area contributed by atoms with E-state index in [0.717, 1.165) is 24.3 Å². The van der Waals surface area contributed by atoms with Crippen molar-refractivity contribution in [3.05, 3.63) is 98.1 Å². The van der Waals surface area contributed by atoms with Crippen LogP contribution in [0.15, 0.2) is 76.7 Å². The number of ether oxygens (including phenoxy) is 1. The number of non-ortho nitro benzene ring substituents is 2. The molecule has 0 aromatic heterocycles. The maximum atomic E-state index is 12.5. The number of hydrogen-bond donors (Lipinski definition) is 1. The molecule has 0 atom stereocenters. The average molecular weight is 500 g/mol. The fraction of sp³-hybridized carbons (Fsp3) is 0.0476. The molecule has 0 aliphatic carbocycles. The summed E-state index contributed by atoms with van der Waals surface area (Å²) < 4.78 is 35.3. The normalized spacial score (nSPS) is 11.1. The molecule has 0 saturated heterocycles. The van der Waals surface area contributed by atoms with Gasteiger partial charge in [0.1, 0.15) is 4.90 Å². The van der Waals surface area contributed by atoms with Crippen LogP contribution < -0.4 is 14.3 Å². The first-order valence-corrected chi connectivity index (χ1v) is 11.0. The Labute approximate surface area is 198 Å². The highest BCUT2D eigenvalue weighted by molar-refractivity contribution is 7.87. The van der Waals surface area contributed by atoms with Gasteiger partial charge in [-0.1, -0.05) is 0 Å². The summed E-state index contributed by atoms with van der Waals surface area (Å²) >= 11 is 0. The number of rotatable bonds is 9. The molecule has 13 nitrogen and oxygen atoms in total. The molecule has 0 bridgehead atoms. The molecule has 1 N–H and O–H groups in total. The molecule has 14 heteroatoms. The third-order valence-corrected chi connectivity index (χ3v) is 5.69. The number of carbonyl (C=O) groups excluding carboxylic acids is 1. The van der Waals surface area contributed by atoms with Crippen LogP contribution in [0, 0.1) is 20.2 Å². The second kappa shape index (κ2) is 10.4. The quantitative estimate of drug-likeness (QED) is 0.200. The Morgan fingerprint density at radius 3 is 2.03 bits per heavy atom. The first-order valence-electron chi connectivity index (χ1n) is 9.55. The minimum Gasteiger partial charge on any atom is -0.493 e. The van der Waals surface area contributed by atoms with Gasteiger partial charge < -0.3 is 8.92 Å². The molecular weight excluding hydrogens is 484 g/mol. The van der Waals surface area contributed by atoms with E-state index in [1.807, 2.05) is 0 Å². The van der Waals surface area contributed by atoms with E-state index in [1.54, 1.807) is 0 Å². The van der Waals surface area contributed by atoms with Gasteiger partial charge in [0.05, 0.1) is 23.2 Å². The summed E-state index contributed by atoms with van der Waals surface area (Å²) in [4.78, 5) is 32.0. The monoisotopic (exact) mass is 500 g/mol. The van der Waals surface area contributed by atoms with E-state index in [2.05, 4.69) is 10.5 Å². The zero-order valence-corrected chi connectivity index (χ0v) is 18.7. The number of nitro benzene ring substituents is 2. The summed E-state index contributed by atoms with van der Waals surface area (Å²) in [5, 5.41) is 25.2. The number of amides is 1. The number of hydrogen-bond acceptors (Lipinski definition) is 10. The minimum atomic E-state index is -4.30. The maximum Gasteiger partial charge on any atom is 0.339 e. The van der Waals surface area contributed by atoms with E-state index < -0.39 is 25.9 Å². The van der Waals surface area contributed by atoms with Crippen molar-refractivity contribution in [2.75, 3.05) is 7.11 Å². The lowest BCUT2D eigenvalue weighted by atomic mass is 10.2. The van der Waals surface area contributed by atoms with Crippen molar-refractivity contribution in [1.29, 1.82) is 0 Å². The van der Waals surface area contributed by atoms with Crippen LogP contribution in [0.25, 0.3) is 0 Å². The highest BCUT2D eigenvalue weighted by Crippen LogP contribution is 2.30. The van der Waals surface area contributed by atoms with Crippen LogP contribution in [0.2, 0.25) is 0 Å². The van der Waals surface area contributed by atoms with Gasteiger partial charge in [-0.15, -0.1) is 0 Å². The Bertz CT molecular complexity index is 1400. The Kier molecular flexibility index (Phi) is 7.36. The van der Waals surface area contributed by atoms with Gasteiger partial charge in [-0.2, -0.15) is 13.5 Å². The number of hydrazone groups is 1. The summed E-state index contributed by atoms with van der Waals surface area (Å²) in [6.45, 7) is 0. The first-order chi connectivity index (χ1) is 16.6. The number of methoxy groups -OCH3 is 1. The summed E-state index contributed by atoms with van der Waals surface area (Å²) in [5.74, 6) is -0.698. The Hall–Kier alpha value is -4.85. The second-order valence-corrected chi connectivity index (χ2v) is 8.25. The van der Waals surface area contributed by atoms with Crippen LogP contribution in [-0.2, 0) is 10.1 Å². The molecule has 0 unspecified atom stereocenters. The van der Waals surface area contributed by atoms with Gasteiger partial charge >= 0.3 is 10.1 Å². The molecule has 1 amide bonds. The van der Waals surface area contributed by atoms with Crippen LogP contribution in [0.3, 0.4) is 0 Å². The molecule has 0 saturated carbocycles. The Morgan fingerprint density at radius 1 is 0.914 bits per heavy atom. The lowest BCUT2D eigenvalue weighted by Crippen LogP contribution is -2.17. The van der Waals surface area contributed by atoms with E-state index in [4.69, 9.17) is 8.92 Å². The van der Waals surface area contributed by atoms with Gasteiger partial charge in [-0.25, -0.2) is 5.43 Å². The molecule has 0 aliphatic heterocycles. The zero-order valence-electron chi connectivity index (χ0n) is 17.9. The van der Waals surface area contributed by atoms with Crippen molar-refractivity contribution in [2.45, 2.75) is 4.90 Å². The first kappa shape index (κ1) is 24.8. The molecule has 180 valence electrons. The van der Waals surface area contributed by atoms with Gasteiger partial charge in [0.15, 0.2) is 11.5 Å². The summed E-state index contributed by atoms with van der Waals surface area (Å²) in [7, 11) is -3.01. The molecule has 3 aromatic rings. The van der Waals surface area contributed by atoms with E-state index in [-0.39, 0.29) is 33.3 Å². The summed E-state index contributed by atoms with van der Waals surface area (Å²) in [5.41, 5.74) is 2.42. The maximum absolute atomic E-state index is 12.5. The largest absolute Gasteiger partial charge is 0.493 e. The topological polar surface area (TPSA) is 180 Å². The van der Waals surface area contributed by atoms with E-state index >= 15 is 0 Å². The molecule has 3 rings (SSSR count). The fourth-order valence-electron chi connectivity index (χ4n) is 2.70. The zero-order chi connectivity index (χ0) is 25.6. The van der Waals surface area contributed by atoms with Crippen LogP contribution in [0.4, 0.5) is 11.4 Å². The third-order valence-electron chi connectivity index (χ3n) is 4.44. The number of nitrogens with zero attached hydrogens (tertiary/aromatic N) is 3. The third kappa shape index (κ3) is 6.14. The predicted molar refractivity (Wildman–Crippen MR) is 122 cm³/mol. The van der Waals surface area contributed by atoms with Crippen LogP contribution in [-0.4, -0.2) is 37.5 Å². The van der Waals surface area contributed by atoms with Gasteiger partial charge in [0.25, 0.3) is 17.3 Å². The molecule has 0 spiro atoms. The highest BCUT2D eigenvalue weighted by Gasteiger charge is 2.20. The van der Waals surface area contributed by atoms with Gasteiger partial charge in [-0.3, -0.25) is 25.0 Å². The van der Waals surface area contributed by atoms with E-state index in [0.29, 0.717) is 5.56 Å². The molecule has 0 aliphatic rings. The van der Waals surface area contributed by atoms with Crippen LogP contribution in [0.1, 0.15) is 15.9 Å². The Balaban J connectivity index is 1.70. The molecular formula is C21H16N4O9S. The van der Waals surface area contributed by atoms with E-state index in [1.165, 1.54) is 55.8 Å². The molecule has 3 aromatic carbocycles. The van der Waals surface area contributed by atoms with E-state index in [9.17, 15) is 33.4 Å². The van der Waals surface area contributed by atoms with Crippen molar-refractivity contribution in [2.24, 2.45) is 5.10 Å². The number of benzene rings is 3. The standard InChI is InChI=1S/C21H16N4O9S/c1-33-20-12-14(13-22-23-21(26)15-3-5-16(6-4-15)24(27)28)2-11-19(20)34-35(31,32)18-9-7-17(8-10-18)25(29)30/h2-13H,1H3,(H,23,26)/b22-13-. The lowest BCUT2D eigenvalue weighted by Gasteiger charge is -2.11. The molecule has 0 fully saturated rings. The molecule has 0 radical (unpaired) electrons. The van der Waals surface area contributed by atoms with Gasteiger partial charge in [0, 0.05) is 29.8 Å². The SMILES string of the molecule is COc1cc(/C=N\NC(=O)c2ccc([N+](=O)[O-])cc2)ccc1OS(=O)(=O)c1ccc([N+](=O)[O-])cc1. The van der Waals surface area contributed by atoms with Crippen LogP contribution in [0.5, 0.6) is 11.5 Å². The summed E-state index contributed by atoms with van der Waals surface area (Å²) in [6.07, 6.45) is 1.26.